The average molecular weight is 1330 g/mol. The monoisotopic (exact) mass is 1330 g/mol. The number of carbonyl (C=O) groups excluding carboxylic acids is 11. The minimum absolute atomic E-state index is 0.0837. The number of halogens is 2. The van der Waals surface area contributed by atoms with Crippen molar-refractivity contribution in [3.63, 3.8) is 0 Å². The van der Waals surface area contributed by atoms with Crippen LogP contribution in [0.25, 0.3) is 10.9 Å². The number of primary amides is 2. The van der Waals surface area contributed by atoms with Crippen LogP contribution in [0.4, 0.5) is 10.5 Å². The molecule has 8 atom stereocenters. The van der Waals surface area contributed by atoms with Crippen molar-refractivity contribution in [3.8, 4) is 0 Å². The van der Waals surface area contributed by atoms with Gasteiger partial charge in [-0.1, -0.05) is 58.0 Å². The number of nitrogens with two attached hydrogens (primary N) is 2. The predicted octanol–water partition coefficient (Wildman–Crippen LogP) is 1.83. The van der Waals surface area contributed by atoms with E-state index in [1.54, 1.807) is 71.1 Å². The maximum Gasteiger partial charge on any atom is 0.408 e. The minimum atomic E-state index is -1.52. The number of alkyl halides is 2. The van der Waals surface area contributed by atoms with E-state index in [1.165, 1.54) is 31.2 Å². The number of aromatic amines is 2. The Labute approximate surface area is 544 Å². The van der Waals surface area contributed by atoms with Gasteiger partial charge in [0.15, 0.2) is 0 Å². The van der Waals surface area contributed by atoms with Gasteiger partial charge in [-0.15, -0.1) is 23.2 Å². The third kappa shape index (κ3) is 26.0. The number of benzene rings is 2. The van der Waals surface area contributed by atoms with E-state index in [0.29, 0.717) is 58.3 Å². The number of ether oxygens (including phenoxy) is 1. The molecule has 30 heteroatoms. The zero-order valence-electron chi connectivity index (χ0n) is 52.9. The van der Waals surface area contributed by atoms with Crippen LogP contribution in [0, 0.1) is 11.8 Å². The molecule has 2 aromatic heterocycles. The molecule has 0 radical (unpaired) electrons. The highest BCUT2D eigenvalue weighted by atomic mass is 35.5. The lowest BCUT2D eigenvalue weighted by molar-refractivity contribution is -0.135. The first-order valence-electron chi connectivity index (χ1n) is 30.0. The largest absolute Gasteiger partial charge is 0.444 e. The molecular weight excluding hydrogens is 1240 g/mol. The first-order valence-corrected chi connectivity index (χ1v) is 32.4. The number of hydrogen-bond donors (Lipinski definition) is 13. The van der Waals surface area contributed by atoms with E-state index in [-0.39, 0.29) is 50.9 Å². The van der Waals surface area contributed by atoms with Gasteiger partial charge >= 0.3 is 6.09 Å². The van der Waals surface area contributed by atoms with E-state index in [2.05, 4.69) is 62.8 Å². The maximum absolute atomic E-state index is 14.6. The molecule has 4 aromatic rings. The standard InChI is InChI=1S/C61H89Cl2N15O12S/c1-34(2)26-45(56(85)72-43(52(65)81)20-25-91-9)74-58(87)48(29-39-31-66-33-69-39)71-50(80)32-68-59(88)51(35(3)4)77-53(82)36(5)70-55(84)47(28-38-30-67-42-13-11-10-12-41(38)42)75-54(83)44(18-19-49(64)79)73-57(86)46(76-60(89)90-61(6,7)8)27-37-14-16-40(17-15-37)78(23-21-62)24-22-63/h10-17,30-31,33-36,43-48,51,67H,18-29,32H2,1-9H3,(H2,64,79)(H2,65,81)(H,66,69)(H,68,88)(H,70,84)(H,71,80)(H,72,85)(H,73,86)(H,74,87)(H,75,83)(H,76,89)(H,77,82)/t36-,43-,44-,45-,46-,47-,48-,51-/m0/s1. The van der Waals surface area contributed by atoms with Crippen LogP contribution < -0.4 is 64.2 Å². The second kappa shape index (κ2) is 37.3. The topological polar surface area (TPSA) is 405 Å². The number of imidazole rings is 1. The molecular formula is C61H89Cl2N15O12S. The highest BCUT2D eigenvalue weighted by Gasteiger charge is 2.35. The second-order valence-corrected chi connectivity index (χ2v) is 25.4. The number of alkyl carbamates (subject to hydrolysis) is 1. The van der Waals surface area contributed by atoms with Crippen LogP contribution in [0.2, 0.25) is 0 Å². The van der Waals surface area contributed by atoms with Gasteiger partial charge < -0.3 is 78.9 Å². The average Bonchev–Trinajstić information content (AvgIpc) is 1.83. The number of para-hydroxylation sites is 1. The molecule has 15 N–H and O–H groups in total. The van der Waals surface area contributed by atoms with Crippen LogP contribution >= 0.6 is 35.0 Å². The number of nitrogens with one attached hydrogen (secondary N) is 11. The van der Waals surface area contributed by atoms with Crippen LogP contribution in [0.15, 0.2) is 67.3 Å². The number of hydrogen-bond acceptors (Lipinski definition) is 15. The fourth-order valence-electron chi connectivity index (χ4n) is 9.45. The predicted molar refractivity (Wildman–Crippen MR) is 348 cm³/mol. The van der Waals surface area contributed by atoms with E-state index in [0.717, 1.165) is 5.69 Å². The zero-order valence-corrected chi connectivity index (χ0v) is 55.3. The van der Waals surface area contributed by atoms with Crippen LogP contribution in [-0.2, 0) is 71.9 Å². The summed E-state index contributed by atoms with van der Waals surface area (Å²) < 4.78 is 5.49. The summed E-state index contributed by atoms with van der Waals surface area (Å²) in [7, 11) is 0. The number of anilines is 1. The number of thioether (sulfide) groups is 1. The first-order chi connectivity index (χ1) is 43.0. The number of carbonyl (C=O) groups is 11. The lowest BCUT2D eigenvalue weighted by atomic mass is 10.0. The first kappa shape index (κ1) is 75.3. The quantitative estimate of drug-likeness (QED) is 0.0285. The Morgan fingerprint density at radius 3 is 1.81 bits per heavy atom. The van der Waals surface area contributed by atoms with E-state index in [9.17, 15) is 52.7 Å². The number of H-pyrrole nitrogens is 2. The number of nitrogens with zero attached hydrogens (tertiary/aromatic N) is 2. The third-order valence-corrected chi connectivity index (χ3v) is 15.1. The molecule has 11 amide bonds. The van der Waals surface area contributed by atoms with Gasteiger partial charge in [0.05, 0.1) is 12.9 Å². The van der Waals surface area contributed by atoms with E-state index in [1.807, 2.05) is 43.2 Å². The summed E-state index contributed by atoms with van der Waals surface area (Å²) in [5, 5.41) is 24.3. The molecule has 0 saturated carbocycles. The molecule has 0 aliphatic heterocycles. The van der Waals surface area contributed by atoms with Crippen molar-refractivity contribution in [1.29, 1.82) is 0 Å². The summed E-state index contributed by atoms with van der Waals surface area (Å²) in [5.74, 6) is -7.46. The maximum atomic E-state index is 14.6. The van der Waals surface area contributed by atoms with Crippen LogP contribution in [-0.4, -0.2) is 177 Å². The number of fused-ring (bicyclic) bond motifs is 1. The van der Waals surface area contributed by atoms with Crippen molar-refractivity contribution in [2.24, 2.45) is 23.3 Å². The van der Waals surface area contributed by atoms with Crippen molar-refractivity contribution >= 4 is 117 Å². The van der Waals surface area contributed by atoms with Crippen LogP contribution in [0.1, 0.15) is 97.9 Å². The lowest BCUT2D eigenvalue weighted by Gasteiger charge is -2.27. The summed E-state index contributed by atoms with van der Waals surface area (Å²) in [5.41, 5.74) is 13.3. The summed E-state index contributed by atoms with van der Waals surface area (Å²) in [6.45, 7) is 13.6. The van der Waals surface area contributed by atoms with E-state index < -0.39 is 132 Å². The number of rotatable bonds is 38. The van der Waals surface area contributed by atoms with E-state index >= 15 is 0 Å². The Morgan fingerprint density at radius 1 is 0.648 bits per heavy atom. The smallest absolute Gasteiger partial charge is 0.408 e. The van der Waals surface area contributed by atoms with Gasteiger partial charge in [-0.3, -0.25) is 47.9 Å². The molecule has 0 spiro atoms. The van der Waals surface area contributed by atoms with Gasteiger partial charge in [0.2, 0.25) is 59.1 Å². The van der Waals surface area contributed by atoms with Crippen molar-refractivity contribution in [2.75, 3.05) is 48.3 Å². The van der Waals surface area contributed by atoms with E-state index in [4.69, 9.17) is 39.4 Å². The molecule has 0 fully saturated rings. The summed E-state index contributed by atoms with van der Waals surface area (Å²) in [4.78, 5) is 162. The molecule has 0 saturated heterocycles. The molecule has 4 rings (SSSR count). The molecule has 2 heterocycles. The van der Waals surface area contributed by atoms with Gasteiger partial charge in [-0.2, -0.15) is 11.8 Å². The Morgan fingerprint density at radius 2 is 1.23 bits per heavy atom. The van der Waals surface area contributed by atoms with Crippen molar-refractivity contribution in [3.05, 3.63) is 84.1 Å². The third-order valence-electron chi connectivity index (χ3n) is 14.2. The Hall–Kier alpha value is -8.11. The van der Waals surface area contributed by atoms with Crippen LogP contribution in [0.5, 0.6) is 0 Å². The summed E-state index contributed by atoms with van der Waals surface area (Å²) >= 11 is 13.5. The van der Waals surface area contributed by atoms with Gasteiger partial charge in [0.25, 0.3) is 0 Å². The molecule has 0 unspecified atom stereocenters. The number of amides is 11. The molecule has 2 aromatic carbocycles. The Kier molecular flexibility index (Phi) is 30.9. The fourth-order valence-corrected chi connectivity index (χ4v) is 10.3. The normalized spacial score (nSPS) is 14.0. The molecule has 27 nitrogen and oxygen atoms in total. The minimum Gasteiger partial charge on any atom is -0.444 e. The number of aromatic nitrogens is 3. The zero-order chi connectivity index (χ0) is 67.5. The highest BCUT2D eigenvalue weighted by molar-refractivity contribution is 7.98. The molecule has 91 heavy (non-hydrogen) atoms. The molecule has 0 bridgehead atoms. The fraction of sp³-hybridized carbons (Fsp3) is 0.541. The Balaban J connectivity index is 1.53. The van der Waals surface area contributed by atoms with Crippen molar-refractivity contribution in [2.45, 2.75) is 154 Å². The highest BCUT2D eigenvalue weighted by Crippen LogP contribution is 2.21. The summed E-state index contributed by atoms with van der Waals surface area (Å²) in [6.07, 6.45) is 4.74. The Bertz CT molecular complexity index is 3080. The molecule has 0 aliphatic carbocycles. The second-order valence-electron chi connectivity index (χ2n) is 23.6. The van der Waals surface area contributed by atoms with Crippen molar-refractivity contribution in [1.82, 2.24) is 62.8 Å². The van der Waals surface area contributed by atoms with Gasteiger partial charge in [-0.25, -0.2) is 9.78 Å². The van der Waals surface area contributed by atoms with Gasteiger partial charge in [-0.05, 0) is 100 Å². The van der Waals surface area contributed by atoms with Gasteiger partial charge in [0, 0.05) is 85.2 Å². The lowest BCUT2D eigenvalue weighted by Crippen LogP contribution is -2.60. The molecule has 0 aliphatic rings. The SMILES string of the molecule is CSCC[C@H](NC(=O)[C@H](CC(C)C)NC(=O)[C@H](Cc1cnc[nH]1)NC(=O)CNC(=O)[C@@H](NC(=O)[C@H](C)NC(=O)[C@H](Cc1c[nH]c2ccccc12)NC(=O)[C@H](CCC(N)=O)NC(=O)[C@H](Cc1ccc(N(CCCl)CCCl)cc1)NC(=O)OC(C)(C)C)C(C)C)C(N)=O. The van der Waals surface area contributed by atoms with Crippen molar-refractivity contribution < 1.29 is 57.5 Å². The van der Waals surface area contributed by atoms with Gasteiger partial charge in [0.1, 0.15) is 53.9 Å². The molecule has 500 valence electrons. The summed E-state index contributed by atoms with van der Waals surface area (Å²) in [6, 6.07) is 3.96. The van der Waals surface area contributed by atoms with Crippen LogP contribution in [0.3, 0.4) is 0 Å².